The van der Waals surface area contributed by atoms with Crippen LogP contribution in [-0.2, 0) is 17.8 Å². The molecule has 0 fully saturated rings. The average Bonchev–Trinajstić information content (AvgIpc) is 2.86. The van der Waals surface area contributed by atoms with E-state index in [0.717, 1.165) is 18.7 Å². The van der Waals surface area contributed by atoms with E-state index >= 15 is 0 Å². The Labute approximate surface area is 114 Å². The third-order valence-corrected chi connectivity index (χ3v) is 3.63. The van der Waals surface area contributed by atoms with E-state index in [1.807, 2.05) is 30.9 Å². The topological polar surface area (TPSA) is 41.6 Å². The van der Waals surface area contributed by atoms with Gasteiger partial charge in [-0.2, -0.15) is 0 Å². The molecule has 1 aliphatic heterocycles. The average molecular weight is 262 g/mol. The molecule has 0 aromatic heterocycles. The van der Waals surface area contributed by atoms with Gasteiger partial charge in [0.2, 0.25) is 0 Å². The molecule has 0 bridgehead atoms. The second-order valence-electron chi connectivity index (χ2n) is 4.98. The molecule has 0 saturated carbocycles. The van der Waals surface area contributed by atoms with Gasteiger partial charge in [-0.15, -0.1) is 0 Å². The first-order valence-corrected chi connectivity index (χ1v) is 6.79. The number of carbonyl (C=O) groups excluding carboxylic acids is 1. The molecule has 1 amide bonds. The molecule has 1 aromatic carbocycles. The Balaban J connectivity index is 2.17. The number of amides is 1. The number of carbonyl (C=O) groups is 1. The smallest absolute Gasteiger partial charge is 0.254 e. The SMILES string of the molecule is CCN(C(=O)c1ccc2c(c1)CNC2)C(C)COC. The normalized spacial score (nSPS) is 15.1. The summed E-state index contributed by atoms with van der Waals surface area (Å²) >= 11 is 0. The summed E-state index contributed by atoms with van der Waals surface area (Å²) in [5, 5.41) is 3.30. The highest BCUT2D eigenvalue weighted by molar-refractivity contribution is 5.94. The molecule has 19 heavy (non-hydrogen) atoms. The van der Waals surface area contributed by atoms with Crippen molar-refractivity contribution in [2.75, 3.05) is 20.3 Å². The Morgan fingerprint density at radius 1 is 1.42 bits per heavy atom. The minimum Gasteiger partial charge on any atom is -0.383 e. The Kier molecular flexibility index (Phi) is 4.56. The zero-order valence-electron chi connectivity index (χ0n) is 11.9. The summed E-state index contributed by atoms with van der Waals surface area (Å²) in [6, 6.07) is 6.09. The fourth-order valence-corrected chi connectivity index (χ4v) is 2.58. The van der Waals surface area contributed by atoms with Gasteiger partial charge in [0.05, 0.1) is 12.6 Å². The molecule has 4 nitrogen and oxygen atoms in total. The number of nitrogens with zero attached hydrogens (tertiary/aromatic N) is 1. The molecular formula is C15H22N2O2. The second-order valence-corrected chi connectivity index (χ2v) is 4.98. The van der Waals surface area contributed by atoms with E-state index in [4.69, 9.17) is 4.74 Å². The van der Waals surface area contributed by atoms with Crippen molar-refractivity contribution in [2.24, 2.45) is 0 Å². The first kappa shape index (κ1) is 14.0. The lowest BCUT2D eigenvalue weighted by molar-refractivity contribution is 0.0579. The monoisotopic (exact) mass is 262 g/mol. The van der Waals surface area contributed by atoms with Crippen LogP contribution in [0.5, 0.6) is 0 Å². The summed E-state index contributed by atoms with van der Waals surface area (Å²) in [7, 11) is 1.66. The van der Waals surface area contributed by atoms with Crippen LogP contribution >= 0.6 is 0 Å². The Bertz CT molecular complexity index is 459. The number of methoxy groups -OCH3 is 1. The number of hydrogen-bond donors (Lipinski definition) is 1. The Morgan fingerprint density at radius 2 is 2.16 bits per heavy atom. The van der Waals surface area contributed by atoms with E-state index in [0.29, 0.717) is 13.2 Å². The quantitative estimate of drug-likeness (QED) is 0.879. The van der Waals surface area contributed by atoms with Crippen molar-refractivity contribution < 1.29 is 9.53 Å². The third-order valence-electron chi connectivity index (χ3n) is 3.63. The zero-order chi connectivity index (χ0) is 13.8. The van der Waals surface area contributed by atoms with E-state index in [1.54, 1.807) is 7.11 Å². The number of likely N-dealkylation sites (N-methyl/N-ethyl adjacent to an activating group) is 1. The lowest BCUT2D eigenvalue weighted by Gasteiger charge is -2.27. The van der Waals surface area contributed by atoms with E-state index in [1.165, 1.54) is 11.1 Å². The van der Waals surface area contributed by atoms with Crippen molar-refractivity contribution in [2.45, 2.75) is 33.0 Å². The summed E-state index contributed by atoms with van der Waals surface area (Å²) in [5.74, 6) is 0.0850. The van der Waals surface area contributed by atoms with Crippen LogP contribution in [0.25, 0.3) is 0 Å². The molecule has 104 valence electrons. The van der Waals surface area contributed by atoms with Gasteiger partial charge in [0, 0.05) is 32.3 Å². The number of rotatable bonds is 5. The molecule has 1 aromatic rings. The number of hydrogen-bond acceptors (Lipinski definition) is 3. The van der Waals surface area contributed by atoms with Crippen molar-refractivity contribution in [1.82, 2.24) is 10.2 Å². The van der Waals surface area contributed by atoms with Gasteiger partial charge < -0.3 is 15.0 Å². The van der Waals surface area contributed by atoms with Crippen LogP contribution in [-0.4, -0.2) is 37.1 Å². The minimum atomic E-state index is 0.0850. The maximum atomic E-state index is 12.5. The largest absolute Gasteiger partial charge is 0.383 e. The molecule has 1 atom stereocenters. The van der Waals surface area contributed by atoms with Gasteiger partial charge in [0.15, 0.2) is 0 Å². The molecule has 0 radical (unpaired) electrons. The van der Waals surface area contributed by atoms with Crippen molar-refractivity contribution >= 4 is 5.91 Å². The van der Waals surface area contributed by atoms with E-state index < -0.39 is 0 Å². The van der Waals surface area contributed by atoms with E-state index in [2.05, 4.69) is 11.4 Å². The van der Waals surface area contributed by atoms with Gasteiger partial charge in [-0.25, -0.2) is 0 Å². The predicted octanol–water partition coefficient (Wildman–Crippen LogP) is 1.79. The summed E-state index contributed by atoms with van der Waals surface area (Å²) < 4.78 is 5.14. The van der Waals surface area contributed by atoms with Gasteiger partial charge in [0.1, 0.15) is 0 Å². The predicted molar refractivity (Wildman–Crippen MR) is 75.0 cm³/mol. The standard InChI is InChI=1S/C15H22N2O2/c1-4-17(11(2)10-19-3)15(18)12-5-6-13-8-16-9-14(13)7-12/h5-7,11,16H,4,8-10H2,1-3H3. The van der Waals surface area contributed by atoms with Crippen molar-refractivity contribution in [3.05, 3.63) is 34.9 Å². The van der Waals surface area contributed by atoms with Crippen molar-refractivity contribution in [3.8, 4) is 0 Å². The minimum absolute atomic E-state index is 0.0850. The molecule has 0 spiro atoms. The Hall–Kier alpha value is -1.39. The highest BCUT2D eigenvalue weighted by Crippen LogP contribution is 2.18. The molecule has 1 N–H and O–H groups in total. The fraction of sp³-hybridized carbons (Fsp3) is 0.533. The van der Waals surface area contributed by atoms with Gasteiger partial charge in [-0.3, -0.25) is 4.79 Å². The van der Waals surface area contributed by atoms with Crippen LogP contribution < -0.4 is 5.32 Å². The van der Waals surface area contributed by atoms with Crippen molar-refractivity contribution in [1.29, 1.82) is 0 Å². The van der Waals surface area contributed by atoms with Gasteiger partial charge in [0.25, 0.3) is 5.91 Å². The third kappa shape index (κ3) is 2.96. The maximum Gasteiger partial charge on any atom is 0.254 e. The maximum absolute atomic E-state index is 12.5. The van der Waals surface area contributed by atoms with Crippen LogP contribution in [0.15, 0.2) is 18.2 Å². The number of fused-ring (bicyclic) bond motifs is 1. The van der Waals surface area contributed by atoms with E-state index in [-0.39, 0.29) is 11.9 Å². The van der Waals surface area contributed by atoms with Crippen LogP contribution in [0.3, 0.4) is 0 Å². The summed E-state index contributed by atoms with van der Waals surface area (Å²) in [4.78, 5) is 14.4. The molecule has 4 heteroatoms. The first-order valence-electron chi connectivity index (χ1n) is 6.79. The lowest BCUT2D eigenvalue weighted by Crippen LogP contribution is -2.40. The van der Waals surface area contributed by atoms with Crippen LogP contribution in [0.4, 0.5) is 0 Å². The molecule has 1 heterocycles. The molecule has 0 aliphatic carbocycles. The van der Waals surface area contributed by atoms with Crippen LogP contribution in [0, 0.1) is 0 Å². The first-order chi connectivity index (χ1) is 9.17. The molecular weight excluding hydrogens is 240 g/mol. The number of benzene rings is 1. The molecule has 1 aliphatic rings. The molecule has 2 rings (SSSR count). The van der Waals surface area contributed by atoms with Gasteiger partial charge in [-0.1, -0.05) is 6.07 Å². The summed E-state index contributed by atoms with van der Waals surface area (Å²) in [6.45, 7) is 7.03. The molecule has 1 unspecified atom stereocenters. The summed E-state index contributed by atoms with van der Waals surface area (Å²) in [6.07, 6.45) is 0. The highest BCUT2D eigenvalue weighted by atomic mass is 16.5. The summed E-state index contributed by atoms with van der Waals surface area (Å²) in [5.41, 5.74) is 3.30. The van der Waals surface area contributed by atoms with Crippen LogP contribution in [0.2, 0.25) is 0 Å². The highest BCUT2D eigenvalue weighted by Gasteiger charge is 2.21. The lowest BCUT2D eigenvalue weighted by atomic mass is 10.1. The fourth-order valence-electron chi connectivity index (χ4n) is 2.58. The zero-order valence-corrected chi connectivity index (χ0v) is 11.9. The number of nitrogens with one attached hydrogen (secondary N) is 1. The van der Waals surface area contributed by atoms with Crippen LogP contribution in [0.1, 0.15) is 35.3 Å². The molecule has 0 saturated heterocycles. The van der Waals surface area contributed by atoms with Gasteiger partial charge >= 0.3 is 0 Å². The van der Waals surface area contributed by atoms with Crippen molar-refractivity contribution in [3.63, 3.8) is 0 Å². The second kappa shape index (κ2) is 6.17. The van der Waals surface area contributed by atoms with Gasteiger partial charge in [-0.05, 0) is 37.1 Å². The van der Waals surface area contributed by atoms with E-state index in [9.17, 15) is 4.79 Å². The Morgan fingerprint density at radius 3 is 2.84 bits per heavy atom. The number of ether oxygens (including phenoxy) is 1.